The molecule has 1 unspecified atom stereocenters. The normalized spacial score (nSPS) is 14.9. The van der Waals surface area contributed by atoms with Crippen molar-refractivity contribution in [2.45, 2.75) is 12.0 Å². The van der Waals surface area contributed by atoms with Crippen LogP contribution in [0.2, 0.25) is 0 Å². The van der Waals surface area contributed by atoms with Gasteiger partial charge < -0.3 is 15.4 Å². The van der Waals surface area contributed by atoms with E-state index in [1.165, 1.54) is 11.1 Å². The minimum atomic E-state index is 0.199. The number of nitrogens with zero attached hydrogens (tertiary/aromatic N) is 2. The molecule has 0 radical (unpaired) electrons. The molecule has 1 saturated heterocycles. The summed E-state index contributed by atoms with van der Waals surface area (Å²) in [6, 6.07) is 27.6. The van der Waals surface area contributed by atoms with E-state index < -0.39 is 0 Å². The minimum absolute atomic E-state index is 0.199. The smallest absolute Gasteiger partial charge is 0.213 e. The van der Waals surface area contributed by atoms with Gasteiger partial charge in [-0.15, -0.1) is 0 Å². The van der Waals surface area contributed by atoms with Gasteiger partial charge in [-0.2, -0.15) is 0 Å². The fourth-order valence-electron chi connectivity index (χ4n) is 4.38. The summed E-state index contributed by atoms with van der Waals surface area (Å²) in [6.07, 6.45) is 1.84. The van der Waals surface area contributed by atoms with E-state index in [4.69, 9.17) is 9.72 Å². The molecule has 2 N–H and O–H groups in total. The van der Waals surface area contributed by atoms with Crippen molar-refractivity contribution >= 4 is 16.7 Å². The van der Waals surface area contributed by atoms with Crippen molar-refractivity contribution in [3.05, 3.63) is 96.2 Å². The topological polar surface area (TPSA) is 59.1 Å². The highest BCUT2D eigenvalue weighted by atomic mass is 16.5. The third kappa shape index (κ3) is 3.97. The lowest BCUT2D eigenvalue weighted by molar-refractivity contribution is 0.290. The van der Waals surface area contributed by atoms with Gasteiger partial charge in [-0.1, -0.05) is 60.7 Å². The van der Waals surface area contributed by atoms with Gasteiger partial charge in [0.15, 0.2) is 0 Å². The van der Waals surface area contributed by atoms with Gasteiger partial charge in [0, 0.05) is 43.2 Å². The Morgan fingerprint density at radius 3 is 2.16 bits per heavy atom. The summed E-state index contributed by atoms with van der Waals surface area (Å²) in [4.78, 5) is 9.19. The first-order valence-electron chi connectivity index (χ1n) is 10.7. The molecule has 1 aliphatic heterocycles. The SMILES string of the molecule is COc1ccc2nccc(NC(C3CNC3)C(c3ccccc3)c3ccccc3)c2n1. The molecule has 0 amide bonds. The zero-order valence-electron chi connectivity index (χ0n) is 17.5. The molecule has 1 aliphatic rings. The van der Waals surface area contributed by atoms with Crippen molar-refractivity contribution in [3.63, 3.8) is 0 Å². The van der Waals surface area contributed by atoms with Gasteiger partial charge in [0.1, 0.15) is 5.52 Å². The first-order chi connectivity index (χ1) is 15.3. The number of nitrogens with one attached hydrogen (secondary N) is 2. The second kappa shape index (κ2) is 8.74. The van der Waals surface area contributed by atoms with E-state index in [-0.39, 0.29) is 12.0 Å². The molecule has 3 heterocycles. The van der Waals surface area contributed by atoms with E-state index in [1.807, 2.05) is 24.4 Å². The summed E-state index contributed by atoms with van der Waals surface area (Å²) in [5.74, 6) is 1.30. The van der Waals surface area contributed by atoms with E-state index >= 15 is 0 Å². The van der Waals surface area contributed by atoms with E-state index in [0.29, 0.717) is 11.8 Å². The van der Waals surface area contributed by atoms with Crippen LogP contribution in [0.25, 0.3) is 11.0 Å². The molecule has 0 spiro atoms. The fraction of sp³-hybridized carbons (Fsp3) is 0.231. The van der Waals surface area contributed by atoms with Gasteiger partial charge in [0.25, 0.3) is 0 Å². The average molecular weight is 411 g/mol. The van der Waals surface area contributed by atoms with Crippen molar-refractivity contribution in [3.8, 4) is 5.88 Å². The van der Waals surface area contributed by atoms with Gasteiger partial charge >= 0.3 is 0 Å². The van der Waals surface area contributed by atoms with Crippen LogP contribution in [0.3, 0.4) is 0 Å². The standard InChI is InChI=1S/C26H26N4O/c1-31-23-13-12-21-26(30-23)22(14-15-28-21)29-25(20-16-27-17-20)24(18-8-4-2-5-9-18)19-10-6-3-7-11-19/h2-15,20,24-25,27H,16-17H2,1H3,(H,28,29). The molecule has 5 rings (SSSR count). The predicted molar refractivity (Wildman–Crippen MR) is 125 cm³/mol. The van der Waals surface area contributed by atoms with Gasteiger partial charge in [-0.3, -0.25) is 4.98 Å². The lowest BCUT2D eigenvalue weighted by Crippen LogP contribution is -2.53. The molecule has 0 aliphatic carbocycles. The van der Waals surface area contributed by atoms with Gasteiger partial charge in [-0.25, -0.2) is 4.98 Å². The van der Waals surface area contributed by atoms with Crippen LogP contribution in [0.15, 0.2) is 85.1 Å². The van der Waals surface area contributed by atoms with Crippen LogP contribution in [0.1, 0.15) is 17.0 Å². The highest BCUT2D eigenvalue weighted by Gasteiger charge is 2.35. The quantitative estimate of drug-likeness (QED) is 0.471. The highest BCUT2D eigenvalue weighted by molar-refractivity contribution is 5.87. The number of anilines is 1. The Hall–Kier alpha value is -3.44. The van der Waals surface area contributed by atoms with Crippen molar-refractivity contribution in [2.75, 3.05) is 25.5 Å². The maximum absolute atomic E-state index is 5.37. The van der Waals surface area contributed by atoms with Crippen molar-refractivity contribution in [1.82, 2.24) is 15.3 Å². The summed E-state index contributed by atoms with van der Waals surface area (Å²) in [5, 5.41) is 7.33. The molecular weight excluding hydrogens is 384 g/mol. The number of ether oxygens (including phenoxy) is 1. The number of fused-ring (bicyclic) bond motifs is 1. The number of benzene rings is 2. The number of methoxy groups -OCH3 is 1. The van der Waals surface area contributed by atoms with Gasteiger partial charge in [-0.05, 0) is 23.3 Å². The second-order valence-corrected chi connectivity index (χ2v) is 7.97. The van der Waals surface area contributed by atoms with Crippen LogP contribution in [0.4, 0.5) is 5.69 Å². The van der Waals surface area contributed by atoms with E-state index in [0.717, 1.165) is 29.8 Å². The molecule has 1 fully saturated rings. The van der Waals surface area contributed by atoms with Crippen molar-refractivity contribution < 1.29 is 4.74 Å². The number of hydrogen-bond acceptors (Lipinski definition) is 5. The molecule has 5 nitrogen and oxygen atoms in total. The molecule has 5 heteroatoms. The first kappa shape index (κ1) is 19.5. The third-order valence-electron chi connectivity index (χ3n) is 6.09. The summed E-state index contributed by atoms with van der Waals surface area (Å²) in [5.41, 5.74) is 5.29. The van der Waals surface area contributed by atoms with E-state index in [9.17, 15) is 0 Å². The van der Waals surface area contributed by atoms with Crippen LogP contribution >= 0.6 is 0 Å². The molecule has 0 bridgehead atoms. The Kier molecular flexibility index (Phi) is 5.50. The number of pyridine rings is 2. The first-order valence-corrected chi connectivity index (χ1v) is 10.7. The molecule has 2 aromatic carbocycles. The maximum atomic E-state index is 5.37. The fourth-order valence-corrected chi connectivity index (χ4v) is 4.38. The predicted octanol–water partition coefficient (Wildman–Crippen LogP) is 4.47. The van der Waals surface area contributed by atoms with Gasteiger partial charge in [0.05, 0.1) is 18.3 Å². The van der Waals surface area contributed by atoms with Crippen molar-refractivity contribution in [2.24, 2.45) is 5.92 Å². The second-order valence-electron chi connectivity index (χ2n) is 7.97. The average Bonchev–Trinajstić information content (AvgIpc) is 2.79. The zero-order valence-corrected chi connectivity index (χ0v) is 17.5. The zero-order chi connectivity index (χ0) is 21.0. The Balaban J connectivity index is 1.60. The molecule has 4 aromatic rings. The Morgan fingerprint density at radius 2 is 1.58 bits per heavy atom. The molecule has 0 saturated carbocycles. The largest absolute Gasteiger partial charge is 0.481 e. The minimum Gasteiger partial charge on any atom is -0.481 e. The van der Waals surface area contributed by atoms with Crippen LogP contribution < -0.4 is 15.4 Å². The molecule has 31 heavy (non-hydrogen) atoms. The van der Waals surface area contributed by atoms with Crippen molar-refractivity contribution in [1.29, 1.82) is 0 Å². The Morgan fingerprint density at radius 1 is 0.903 bits per heavy atom. The summed E-state index contributed by atoms with van der Waals surface area (Å²) < 4.78 is 5.37. The third-order valence-corrected chi connectivity index (χ3v) is 6.09. The van der Waals surface area contributed by atoms with Gasteiger partial charge in [0.2, 0.25) is 5.88 Å². The lowest BCUT2D eigenvalue weighted by Gasteiger charge is -2.41. The lowest BCUT2D eigenvalue weighted by atomic mass is 9.77. The number of aromatic nitrogens is 2. The summed E-state index contributed by atoms with van der Waals surface area (Å²) in [7, 11) is 1.64. The van der Waals surface area contributed by atoms with E-state index in [1.54, 1.807) is 7.11 Å². The number of rotatable bonds is 7. The Bertz CT molecular complexity index is 1110. The molecule has 156 valence electrons. The highest BCUT2D eigenvalue weighted by Crippen LogP contribution is 2.36. The van der Waals surface area contributed by atoms with E-state index in [2.05, 4.69) is 76.3 Å². The number of hydrogen-bond donors (Lipinski definition) is 2. The maximum Gasteiger partial charge on any atom is 0.213 e. The summed E-state index contributed by atoms with van der Waals surface area (Å²) in [6.45, 7) is 1.99. The van der Waals surface area contributed by atoms with Crippen LogP contribution in [-0.4, -0.2) is 36.2 Å². The summed E-state index contributed by atoms with van der Waals surface area (Å²) >= 11 is 0. The molecular formula is C26H26N4O. The molecule has 2 aromatic heterocycles. The molecule has 1 atom stereocenters. The Labute approximate surface area is 182 Å². The monoisotopic (exact) mass is 410 g/mol. The van der Waals surface area contributed by atoms with Crippen LogP contribution in [0.5, 0.6) is 5.88 Å². The van der Waals surface area contributed by atoms with Crippen LogP contribution in [-0.2, 0) is 0 Å². The van der Waals surface area contributed by atoms with Crippen LogP contribution in [0, 0.1) is 5.92 Å².